The fraction of sp³-hybridized carbons (Fsp3) is 0.308. The van der Waals surface area contributed by atoms with Gasteiger partial charge in [-0.2, -0.15) is 10.2 Å². The van der Waals surface area contributed by atoms with E-state index in [9.17, 15) is 10.1 Å². The zero-order chi connectivity index (χ0) is 23.9. The lowest BCUT2D eigenvalue weighted by molar-refractivity contribution is 0.573. The van der Waals surface area contributed by atoms with E-state index in [4.69, 9.17) is 4.98 Å². The minimum atomic E-state index is -0.653. The van der Waals surface area contributed by atoms with Crippen molar-refractivity contribution in [3.05, 3.63) is 75.7 Å². The lowest BCUT2D eigenvalue weighted by atomic mass is 9.86. The molecule has 0 saturated carbocycles. The summed E-state index contributed by atoms with van der Waals surface area (Å²) in [4.78, 5) is 22.3. The van der Waals surface area contributed by atoms with Crippen LogP contribution in [0.4, 0.5) is 11.6 Å². The number of rotatable bonds is 5. The minimum absolute atomic E-state index is 0.143. The lowest BCUT2D eigenvalue weighted by Crippen LogP contribution is -2.23. The molecule has 2 N–H and O–H groups in total. The van der Waals surface area contributed by atoms with Gasteiger partial charge in [0.05, 0.1) is 17.2 Å². The number of nitrogens with one attached hydrogen (secondary N) is 2. The number of nitriles is 1. The fourth-order valence-corrected chi connectivity index (χ4v) is 4.41. The maximum Gasteiger partial charge on any atom is 0.278 e. The first-order valence-electron chi connectivity index (χ1n) is 11.5. The molecule has 1 aliphatic heterocycles. The number of benzene rings is 2. The molecule has 0 amide bonds. The standard InChI is InChI=1S/C26H27N7O/c1-4-32-24(34)22-15-29-25(30-20-9-8-18-14-28-11-10-17(18)12-20)31-23(22)33(32)21-7-5-6-19(13-21)26(2,3)16-27/h5-9,12-13,15,28H,4,10-11,14H2,1-3H3,(H,29,30,31). The Hall–Kier alpha value is -3.96. The van der Waals surface area contributed by atoms with Gasteiger partial charge in [0, 0.05) is 25.0 Å². The highest BCUT2D eigenvalue weighted by Crippen LogP contribution is 2.26. The number of anilines is 2. The number of aromatic nitrogens is 4. The van der Waals surface area contributed by atoms with E-state index >= 15 is 0 Å². The summed E-state index contributed by atoms with van der Waals surface area (Å²) < 4.78 is 3.47. The second kappa shape index (κ2) is 8.43. The summed E-state index contributed by atoms with van der Waals surface area (Å²) in [6.45, 7) is 8.02. The Labute approximate surface area is 197 Å². The molecule has 0 fully saturated rings. The van der Waals surface area contributed by atoms with Crippen molar-refractivity contribution in [2.75, 3.05) is 11.9 Å². The highest BCUT2D eigenvalue weighted by atomic mass is 16.1. The van der Waals surface area contributed by atoms with Gasteiger partial charge in [-0.25, -0.2) is 14.3 Å². The van der Waals surface area contributed by atoms with Crippen LogP contribution in [0.25, 0.3) is 16.7 Å². The summed E-state index contributed by atoms with van der Waals surface area (Å²) >= 11 is 0. The summed E-state index contributed by atoms with van der Waals surface area (Å²) in [6.07, 6.45) is 2.57. The van der Waals surface area contributed by atoms with Gasteiger partial charge >= 0.3 is 0 Å². The van der Waals surface area contributed by atoms with Crippen molar-refractivity contribution in [1.82, 2.24) is 24.6 Å². The molecule has 0 radical (unpaired) electrons. The Morgan fingerprint density at radius 3 is 2.85 bits per heavy atom. The molecule has 172 valence electrons. The number of nitrogens with zero attached hydrogens (tertiary/aromatic N) is 5. The van der Waals surface area contributed by atoms with Crippen LogP contribution < -0.4 is 16.2 Å². The molecule has 34 heavy (non-hydrogen) atoms. The van der Waals surface area contributed by atoms with Crippen LogP contribution in [-0.4, -0.2) is 25.9 Å². The Morgan fingerprint density at radius 2 is 2.06 bits per heavy atom. The molecule has 0 aliphatic carbocycles. The molecule has 4 aromatic rings. The summed E-state index contributed by atoms with van der Waals surface area (Å²) in [5.41, 5.74) is 4.93. The molecule has 0 saturated heterocycles. The first-order chi connectivity index (χ1) is 16.4. The fourth-order valence-electron chi connectivity index (χ4n) is 4.41. The van der Waals surface area contributed by atoms with E-state index in [0.29, 0.717) is 23.5 Å². The first kappa shape index (κ1) is 21.9. The molecule has 8 nitrogen and oxygen atoms in total. The van der Waals surface area contributed by atoms with Crippen molar-refractivity contribution < 1.29 is 0 Å². The maximum atomic E-state index is 13.1. The smallest absolute Gasteiger partial charge is 0.278 e. The van der Waals surface area contributed by atoms with Gasteiger partial charge in [0.15, 0.2) is 5.65 Å². The average Bonchev–Trinajstić information content (AvgIpc) is 3.14. The number of hydrogen-bond donors (Lipinski definition) is 2. The largest absolute Gasteiger partial charge is 0.324 e. The van der Waals surface area contributed by atoms with Gasteiger partial charge in [-0.1, -0.05) is 18.2 Å². The van der Waals surface area contributed by atoms with Crippen LogP contribution in [0.1, 0.15) is 37.5 Å². The molecule has 0 spiro atoms. The first-order valence-corrected chi connectivity index (χ1v) is 11.5. The van der Waals surface area contributed by atoms with Crippen molar-refractivity contribution in [2.45, 2.75) is 45.7 Å². The molecule has 2 aromatic carbocycles. The molecule has 5 rings (SSSR count). The topological polar surface area (TPSA) is 101 Å². The van der Waals surface area contributed by atoms with Crippen molar-refractivity contribution in [2.24, 2.45) is 0 Å². The maximum absolute atomic E-state index is 13.1. The van der Waals surface area contributed by atoms with Crippen LogP contribution in [-0.2, 0) is 24.9 Å². The molecule has 2 aromatic heterocycles. The molecule has 1 aliphatic rings. The summed E-state index contributed by atoms with van der Waals surface area (Å²) in [6, 6.07) is 16.3. The monoisotopic (exact) mass is 453 g/mol. The highest BCUT2D eigenvalue weighted by Gasteiger charge is 2.22. The molecular weight excluding hydrogens is 426 g/mol. The van der Waals surface area contributed by atoms with E-state index in [1.807, 2.05) is 55.8 Å². The average molecular weight is 454 g/mol. The third-order valence-electron chi connectivity index (χ3n) is 6.42. The molecule has 0 unspecified atom stereocenters. The van der Waals surface area contributed by atoms with Crippen molar-refractivity contribution in [1.29, 1.82) is 5.26 Å². The van der Waals surface area contributed by atoms with Gasteiger partial charge in [0.25, 0.3) is 5.56 Å². The van der Waals surface area contributed by atoms with Gasteiger partial charge in [0.2, 0.25) is 5.95 Å². The molecular formula is C26H27N7O. The molecule has 0 atom stereocenters. The van der Waals surface area contributed by atoms with E-state index in [2.05, 4.69) is 33.8 Å². The van der Waals surface area contributed by atoms with Crippen LogP contribution in [0.5, 0.6) is 0 Å². The Kier molecular flexibility index (Phi) is 5.42. The quantitative estimate of drug-likeness (QED) is 0.477. The second-order valence-corrected chi connectivity index (χ2v) is 9.09. The second-order valence-electron chi connectivity index (χ2n) is 9.09. The normalized spacial score (nSPS) is 13.5. The van der Waals surface area contributed by atoms with Gasteiger partial charge < -0.3 is 10.6 Å². The van der Waals surface area contributed by atoms with Crippen LogP contribution in [0, 0.1) is 11.3 Å². The Bertz CT molecular complexity index is 1490. The van der Waals surface area contributed by atoms with E-state index < -0.39 is 5.41 Å². The highest BCUT2D eigenvalue weighted by molar-refractivity contribution is 5.77. The zero-order valence-electron chi connectivity index (χ0n) is 19.6. The summed E-state index contributed by atoms with van der Waals surface area (Å²) in [5, 5.41) is 16.7. The predicted molar refractivity (Wildman–Crippen MR) is 133 cm³/mol. The van der Waals surface area contributed by atoms with Gasteiger partial charge in [0.1, 0.15) is 5.39 Å². The van der Waals surface area contributed by atoms with E-state index in [-0.39, 0.29) is 5.56 Å². The number of hydrogen-bond acceptors (Lipinski definition) is 6. The minimum Gasteiger partial charge on any atom is -0.324 e. The zero-order valence-corrected chi connectivity index (χ0v) is 19.6. The van der Waals surface area contributed by atoms with E-state index in [1.165, 1.54) is 11.1 Å². The van der Waals surface area contributed by atoms with Gasteiger partial charge in [-0.05, 0) is 74.7 Å². The lowest BCUT2D eigenvalue weighted by Gasteiger charge is -2.18. The Morgan fingerprint density at radius 1 is 1.21 bits per heavy atom. The Balaban J connectivity index is 1.61. The van der Waals surface area contributed by atoms with Crippen LogP contribution in [0.2, 0.25) is 0 Å². The number of fused-ring (bicyclic) bond motifs is 2. The molecule has 8 heteroatoms. The third kappa shape index (κ3) is 3.74. The molecule has 0 bridgehead atoms. The van der Waals surface area contributed by atoms with Gasteiger partial charge in [-0.3, -0.25) is 4.79 Å². The molecule has 3 heterocycles. The van der Waals surface area contributed by atoms with Crippen molar-refractivity contribution in [3.63, 3.8) is 0 Å². The van der Waals surface area contributed by atoms with Crippen molar-refractivity contribution >= 4 is 22.7 Å². The van der Waals surface area contributed by atoms with Crippen LogP contribution >= 0.6 is 0 Å². The summed E-state index contributed by atoms with van der Waals surface area (Å²) in [5.74, 6) is 0.428. The van der Waals surface area contributed by atoms with Gasteiger partial charge in [-0.15, -0.1) is 0 Å². The summed E-state index contributed by atoms with van der Waals surface area (Å²) in [7, 11) is 0. The van der Waals surface area contributed by atoms with Crippen LogP contribution in [0.3, 0.4) is 0 Å². The van der Waals surface area contributed by atoms with E-state index in [1.54, 1.807) is 10.9 Å². The van der Waals surface area contributed by atoms with Crippen LogP contribution in [0.15, 0.2) is 53.5 Å². The van der Waals surface area contributed by atoms with E-state index in [0.717, 1.165) is 36.4 Å². The predicted octanol–water partition coefficient (Wildman–Crippen LogP) is 3.79. The third-order valence-corrected chi connectivity index (χ3v) is 6.42. The SMILES string of the molecule is CCn1c(=O)c2cnc(Nc3ccc4c(c3)CCNC4)nc2n1-c1cccc(C(C)(C)C#N)c1. The van der Waals surface area contributed by atoms with Crippen molar-refractivity contribution in [3.8, 4) is 11.8 Å².